The molecule has 1 aromatic carbocycles. The third-order valence-electron chi connectivity index (χ3n) is 7.46. The monoisotopic (exact) mass is 608 g/mol. The highest BCUT2D eigenvalue weighted by Crippen LogP contribution is 2.54. The lowest BCUT2D eigenvalue weighted by molar-refractivity contribution is -0.157. The van der Waals surface area contributed by atoms with Crippen molar-refractivity contribution in [3.05, 3.63) is 46.5 Å². The molecule has 204 valence electrons. The summed E-state index contributed by atoms with van der Waals surface area (Å²) in [6.45, 7) is -0.0230. The smallest absolute Gasteiger partial charge is 0.405 e. The first kappa shape index (κ1) is 28.0. The maximum Gasteiger partial charge on any atom is 0.405 e. The van der Waals surface area contributed by atoms with Crippen molar-refractivity contribution in [3.63, 3.8) is 0 Å². The van der Waals surface area contributed by atoms with Crippen LogP contribution >= 0.6 is 15.9 Å². The second-order valence-electron chi connectivity index (χ2n) is 9.81. The van der Waals surface area contributed by atoms with Gasteiger partial charge in [-0.25, -0.2) is 4.79 Å². The lowest BCUT2D eigenvalue weighted by atomic mass is 9.91. The zero-order valence-corrected chi connectivity index (χ0v) is 23.0. The minimum Gasteiger partial charge on any atom is -0.436 e. The molecule has 0 radical (unpaired) electrons. The molecule has 0 spiro atoms. The largest absolute Gasteiger partial charge is 0.436 e. The van der Waals surface area contributed by atoms with Gasteiger partial charge < -0.3 is 20.7 Å². The number of carbonyl (C=O) groups is 4. The van der Waals surface area contributed by atoms with Gasteiger partial charge in [-0.2, -0.15) is 8.42 Å². The lowest BCUT2D eigenvalue weighted by Gasteiger charge is -2.37. The van der Waals surface area contributed by atoms with E-state index in [9.17, 15) is 27.6 Å². The van der Waals surface area contributed by atoms with Crippen molar-refractivity contribution in [2.75, 3.05) is 6.54 Å². The number of primary amides is 1. The van der Waals surface area contributed by atoms with Crippen LogP contribution in [0.4, 0.5) is 4.79 Å². The van der Waals surface area contributed by atoms with Gasteiger partial charge in [-0.15, -0.1) is 0 Å². The van der Waals surface area contributed by atoms with Gasteiger partial charge in [-0.1, -0.05) is 51.0 Å². The number of fused-ring (bicyclic) bond motifs is 2. The van der Waals surface area contributed by atoms with Gasteiger partial charge in [0.25, 0.3) is 17.7 Å². The van der Waals surface area contributed by atoms with Gasteiger partial charge in [0.1, 0.15) is 0 Å². The summed E-state index contributed by atoms with van der Waals surface area (Å²) in [4.78, 5) is 53.7. The lowest BCUT2D eigenvalue weighted by Crippen LogP contribution is -2.64. The number of carbonyl (C=O) groups excluding carboxylic acids is 4. The molecule has 11 nitrogen and oxygen atoms in total. The highest BCUT2D eigenvalue weighted by atomic mass is 79.9. The maximum absolute atomic E-state index is 14.1. The molecule has 38 heavy (non-hydrogen) atoms. The predicted molar refractivity (Wildman–Crippen MR) is 139 cm³/mol. The number of rotatable bonds is 3. The van der Waals surface area contributed by atoms with Crippen LogP contribution in [-0.2, 0) is 35.2 Å². The second kappa shape index (κ2) is 11.4. The van der Waals surface area contributed by atoms with Crippen LogP contribution in [-0.4, -0.2) is 55.3 Å². The molecule has 13 heteroatoms. The van der Waals surface area contributed by atoms with E-state index in [-0.39, 0.29) is 31.7 Å². The Labute approximate surface area is 230 Å². The summed E-state index contributed by atoms with van der Waals surface area (Å²) in [7, 11) is -3.15. The molecule has 0 bridgehead atoms. The first-order valence-corrected chi connectivity index (χ1v) is 14.3. The SMILES string of the molecule is NC(=O)OC1CCCCCC=CC2CC2(c2cccc(Br)c2)NC(=O)C2(C(=O)N=S(=O)=O)CCCN2C1=O. The summed E-state index contributed by atoms with van der Waals surface area (Å²) >= 11 is 3.47. The number of benzene rings is 1. The number of allylic oxidation sites excluding steroid dienone is 1. The molecule has 4 rings (SSSR count). The van der Waals surface area contributed by atoms with Gasteiger partial charge >= 0.3 is 16.6 Å². The Kier molecular flexibility index (Phi) is 8.36. The predicted octanol–water partition coefficient (Wildman–Crippen LogP) is 2.72. The van der Waals surface area contributed by atoms with Crippen molar-refractivity contribution in [1.29, 1.82) is 0 Å². The second-order valence-corrected chi connectivity index (χ2v) is 11.3. The van der Waals surface area contributed by atoms with Crippen LogP contribution < -0.4 is 11.1 Å². The molecule has 4 unspecified atom stereocenters. The Morgan fingerprint density at radius 3 is 2.68 bits per heavy atom. The third kappa shape index (κ3) is 5.53. The number of hydrogen-bond acceptors (Lipinski definition) is 7. The van der Waals surface area contributed by atoms with E-state index in [1.807, 2.05) is 30.3 Å². The summed E-state index contributed by atoms with van der Waals surface area (Å²) in [6, 6.07) is 7.43. The van der Waals surface area contributed by atoms with E-state index in [1.165, 1.54) is 0 Å². The molecule has 2 heterocycles. The summed E-state index contributed by atoms with van der Waals surface area (Å²) in [6.07, 6.45) is 5.34. The molecular weight excluding hydrogens is 580 g/mol. The summed E-state index contributed by atoms with van der Waals surface area (Å²) in [5.41, 5.74) is 2.95. The highest BCUT2D eigenvalue weighted by Gasteiger charge is 2.62. The normalized spacial score (nSPS) is 29.7. The van der Waals surface area contributed by atoms with Gasteiger partial charge in [0, 0.05) is 16.9 Å². The molecule has 1 aromatic rings. The standard InChI is InChI=1S/C25H29BrN4O7S/c26-18-10-6-9-16(14-18)24-15-17(24)8-4-2-1-3-5-11-19(37-23(27)34)20(31)30-13-7-12-25(30,21(32)28-24)22(33)29-38(35)36/h4,6,8-10,14,17,19H,1-3,5,7,11-13,15H2,(H2,27,34)(H,28,32). The maximum atomic E-state index is 14.1. The Hall–Kier alpha value is -3.06. The molecule has 4 atom stereocenters. The molecular formula is C25H29BrN4O7S. The van der Waals surface area contributed by atoms with Crippen molar-refractivity contribution >= 4 is 50.2 Å². The summed E-state index contributed by atoms with van der Waals surface area (Å²) < 4.78 is 31.9. The Morgan fingerprint density at radius 1 is 1.18 bits per heavy atom. The first-order chi connectivity index (χ1) is 18.1. The quantitative estimate of drug-likeness (QED) is 0.393. The van der Waals surface area contributed by atoms with Crippen molar-refractivity contribution in [2.24, 2.45) is 16.0 Å². The van der Waals surface area contributed by atoms with Gasteiger partial charge in [0.05, 0.1) is 5.54 Å². The molecule has 3 aliphatic rings. The van der Waals surface area contributed by atoms with Crippen molar-refractivity contribution in [1.82, 2.24) is 10.2 Å². The van der Waals surface area contributed by atoms with Gasteiger partial charge in [-0.05, 0) is 62.6 Å². The minimum absolute atomic E-state index is 0.0230. The average Bonchev–Trinajstić information content (AvgIpc) is 3.35. The molecule has 0 aromatic heterocycles. The molecule has 2 aliphatic heterocycles. The van der Waals surface area contributed by atoms with E-state index in [0.717, 1.165) is 34.2 Å². The fourth-order valence-corrected chi connectivity index (χ4v) is 6.22. The van der Waals surface area contributed by atoms with Gasteiger partial charge in [-0.3, -0.25) is 14.4 Å². The first-order valence-electron chi connectivity index (χ1n) is 12.5. The van der Waals surface area contributed by atoms with Crippen LogP contribution in [0.1, 0.15) is 56.9 Å². The van der Waals surface area contributed by atoms with Crippen LogP contribution in [0.3, 0.4) is 0 Å². The van der Waals surface area contributed by atoms with E-state index in [1.54, 1.807) is 0 Å². The Morgan fingerprint density at radius 2 is 1.97 bits per heavy atom. The fraction of sp³-hybridized carbons (Fsp3) is 0.520. The number of ether oxygens (including phenoxy) is 1. The molecule has 4 amide bonds. The summed E-state index contributed by atoms with van der Waals surface area (Å²) in [5.74, 6) is -2.95. The summed E-state index contributed by atoms with van der Waals surface area (Å²) in [5, 5.41) is 3.00. The average molecular weight is 609 g/mol. The third-order valence-corrected chi connectivity index (χ3v) is 8.27. The Bertz CT molecular complexity index is 1310. The number of halogens is 1. The Balaban J connectivity index is 1.82. The number of hydrogen-bond donors (Lipinski definition) is 2. The van der Waals surface area contributed by atoms with E-state index in [4.69, 9.17) is 10.5 Å². The molecule has 3 N–H and O–H groups in total. The number of nitrogens with zero attached hydrogens (tertiary/aromatic N) is 2. The van der Waals surface area contributed by atoms with E-state index in [0.29, 0.717) is 12.8 Å². The minimum atomic E-state index is -3.15. The highest BCUT2D eigenvalue weighted by molar-refractivity contribution is 9.10. The number of amides is 4. The van der Waals surface area contributed by atoms with Gasteiger partial charge in [0.15, 0.2) is 6.10 Å². The molecule has 1 aliphatic carbocycles. The van der Waals surface area contributed by atoms with E-state index < -0.39 is 51.5 Å². The zero-order valence-electron chi connectivity index (χ0n) is 20.6. The van der Waals surface area contributed by atoms with Crippen LogP contribution in [0.2, 0.25) is 0 Å². The fourth-order valence-electron chi connectivity index (χ4n) is 5.53. The number of nitrogens with two attached hydrogens (primary N) is 1. The molecule has 2 fully saturated rings. The van der Waals surface area contributed by atoms with Crippen molar-refractivity contribution in [3.8, 4) is 0 Å². The van der Waals surface area contributed by atoms with Crippen molar-refractivity contribution < 1.29 is 32.3 Å². The van der Waals surface area contributed by atoms with Crippen LogP contribution in [0.25, 0.3) is 0 Å². The van der Waals surface area contributed by atoms with Crippen LogP contribution in [0.15, 0.2) is 45.3 Å². The topological polar surface area (TPSA) is 165 Å². The zero-order chi connectivity index (χ0) is 27.5. The van der Waals surface area contributed by atoms with Crippen LogP contribution in [0, 0.1) is 5.92 Å². The van der Waals surface area contributed by atoms with Gasteiger partial charge in [0.2, 0.25) is 5.54 Å². The van der Waals surface area contributed by atoms with E-state index in [2.05, 4.69) is 31.7 Å². The number of nitrogens with one attached hydrogen (secondary N) is 1. The molecule has 1 saturated carbocycles. The van der Waals surface area contributed by atoms with E-state index >= 15 is 0 Å². The van der Waals surface area contributed by atoms with Crippen LogP contribution in [0.5, 0.6) is 0 Å². The van der Waals surface area contributed by atoms with Crippen molar-refractivity contribution in [2.45, 2.75) is 68.5 Å². The molecule has 1 saturated heterocycles.